The van der Waals surface area contributed by atoms with E-state index in [1.807, 2.05) is 12.1 Å². The molecule has 2 amide bonds. The van der Waals surface area contributed by atoms with Crippen LogP contribution >= 0.6 is 0 Å². The Labute approximate surface area is 140 Å². The number of nitrogens with zero attached hydrogens (tertiary/aromatic N) is 2. The molecule has 0 radical (unpaired) electrons. The van der Waals surface area contributed by atoms with Crippen molar-refractivity contribution in [2.24, 2.45) is 5.92 Å². The monoisotopic (exact) mass is 318 g/mol. The molecule has 2 N–H and O–H groups in total. The summed E-state index contributed by atoms with van der Waals surface area (Å²) in [6.07, 6.45) is 0. The molecule has 1 aliphatic rings. The maximum absolute atomic E-state index is 11.8. The Bertz CT molecular complexity index is 490. The SMILES string of the molecule is CC(C)CNC(=O)Nc1ccc(N2CCN(C(C)C)CC2)cc1. The van der Waals surface area contributed by atoms with Crippen LogP contribution in [0.25, 0.3) is 0 Å². The second-order valence-electron chi connectivity index (χ2n) is 6.89. The molecule has 5 heteroatoms. The molecule has 0 atom stereocenters. The fourth-order valence-electron chi connectivity index (χ4n) is 2.72. The van der Waals surface area contributed by atoms with Gasteiger partial charge in [0.25, 0.3) is 0 Å². The van der Waals surface area contributed by atoms with Crippen molar-refractivity contribution in [1.29, 1.82) is 0 Å². The number of urea groups is 1. The quantitative estimate of drug-likeness (QED) is 0.877. The predicted octanol–water partition coefficient (Wildman–Crippen LogP) is 2.99. The van der Waals surface area contributed by atoms with Gasteiger partial charge in [-0.15, -0.1) is 0 Å². The highest BCUT2D eigenvalue weighted by molar-refractivity contribution is 5.89. The fraction of sp³-hybridized carbons (Fsp3) is 0.611. The Hall–Kier alpha value is -1.75. The van der Waals surface area contributed by atoms with Gasteiger partial charge >= 0.3 is 6.03 Å². The highest BCUT2D eigenvalue weighted by atomic mass is 16.2. The molecule has 23 heavy (non-hydrogen) atoms. The van der Waals surface area contributed by atoms with Crippen LogP contribution in [0.5, 0.6) is 0 Å². The number of amides is 2. The van der Waals surface area contributed by atoms with E-state index in [0.717, 1.165) is 31.9 Å². The smallest absolute Gasteiger partial charge is 0.319 e. The lowest BCUT2D eigenvalue weighted by atomic mass is 10.2. The van der Waals surface area contributed by atoms with Gasteiger partial charge in [-0.25, -0.2) is 4.79 Å². The van der Waals surface area contributed by atoms with Crippen LogP contribution in [0.15, 0.2) is 24.3 Å². The number of hydrogen-bond acceptors (Lipinski definition) is 3. The highest BCUT2D eigenvalue weighted by Crippen LogP contribution is 2.20. The van der Waals surface area contributed by atoms with Crippen LogP contribution in [0.1, 0.15) is 27.7 Å². The van der Waals surface area contributed by atoms with E-state index in [9.17, 15) is 4.79 Å². The first-order valence-electron chi connectivity index (χ1n) is 8.59. The van der Waals surface area contributed by atoms with Crippen molar-refractivity contribution in [3.8, 4) is 0 Å². The summed E-state index contributed by atoms with van der Waals surface area (Å²) in [5, 5.41) is 5.73. The zero-order chi connectivity index (χ0) is 16.8. The van der Waals surface area contributed by atoms with Crippen LogP contribution in [0.3, 0.4) is 0 Å². The number of rotatable bonds is 5. The lowest BCUT2D eigenvalue weighted by Crippen LogP contribution is -2.48. The van der Waals surface area contributed by atoms with Crippen molar-refractivity contribution in [3.63, 3.8) is 0 Å². The van der Waals surface area contributed by atoms with Gasteiger partial charge in [0.05, 0.1) is 0 Å². The third-order valence-electron chi connectivity index (χ3n) is 4.21. The molecular formula is C18H30N4O. The predicted molar refractivity (Wildman–Crippen MR) is 97.2 cm³/mol. The van der Waals surface area contributed by atoms with E-state index < -0.39 is 0 Å². The van der Waals surface area contributed by atoms with Gasteiger partial charge in [0.1, 0.15) is 0 Å². The Morgan fingerprint density at radius 3 is 2.17 bits per heavy atom. The zero-order valence-electron chi connectivity index (χ0n) is 14.8. The molecule has 1 aromatic rings. The number of nitrogens with one attached hydrogen (secondary N) is 2. The van der Waals surface area contributed by atoms with Crippen LogP contribution in [0, 0.1) is 5.92 Å². The number of carbonyl (C=O) groups excluding carboxylic acids is 1. The standard InChI is InChI=1S/C18H30N4O/c1-14(2)13-19-18(23)20-16-5-7-17(8-6-16)22-11-9-21(10-12-22)15(3)4/h5-8,14-15H,9-13H2,1-4H3,(H2,19,20,23). The largest absolute Gasteiger partial charge is 0.369 e. The summed E-state index contributed by atoms with van der Waals surface area (Å²) in [5.41, 5.74) is 2.05. The van der Waals surface area contributed by atoms with Gasteiger partial charge < -0.3 is 15.5 Å². The summed E-state index contributed by atoms with van der Waals surface area (Å²) in [6, 6.07) is 8.59. The van der Waals surface area contributed by atoms with Crippen molar-refractivity contribution >= 4 is 17.4 Å². The maximum Gasteiger partial charge on any atom is 0.319 e. The van der Waals surface area contributed by atoms with Gasteiger partial charge in [-0.05, 0) is 44.0 Å². The highest BCUT2D eigenvalue weighted by Gasteiger charge is 2.18. The minimum absolute atomic E-state index is 0.142. The molecule has 2 rings (SSSR count). The van der Waals surface area contributed by atoms with Crippen LogP contribution in [-0.2, 0) is 0 Å². The Balaban J connectivity index is 1.84. The molecule has 1 aliphatic heterocycles. The minimum atomic E-state index is -0.142. The summed E-state index contributed by atoms with van der Waals surface area (Å²) >= 11 is 0. The van der Waals surface area contributed by atoms with Gasteiger partial charge in [0.2, 0.25) is 0 Å². The normalized spacial score (nSPS) is 16.0. The van der Waals surface area contributed by atoms with E-state index in [1.54, 1.807) is 0 Å². The third-order valence-corrected chi connectivity index (χ3v) is 4.21. The van der Waals surface area contributed by atoms with Gasteiger partial charge in [-0.1, -0.05) is 13.8 Å². The van der Waals surface area contributed by atoms with E-state index in [1.165, 1.54) is 5.69 Å². The minimum Gasteiger partial charge on any atom is -0.369 e. The number of benzene rings is 1. The molecule has 1 heterocycles. The first kappa shape index (κ1) is 17.6. The molecule has 1 saturated heterocycles. The summed E-state index contributed by atoms with van der Waals surface area (Å²) in [5.74, 6) is 0.452. The molecule has 1 aromatic carbocycles. The molecule has 0 saturated carbocycles. The van der Waals surface area contributed by atoms with Crippen LogP contribution in [0.2, 0.25) is 0 Å². The molecule has 128 valence electrons. The fourth-order valence-corrected chi connectivity index (χ4v) is 2.72. The molecule has 0 aromatic heterocycles. The Morgan fingerprint density at radius 2 is 1.65 bits per heavy atom. The van der Waals surface area contributed by atoms with Gasteiger partial charge in [0, 0.05) is 50.1 Å². The molecule has 0 bridgehead atoms. The Morgan fingerprint density at radius 1 is 1.04 bits per heavy atom. The first-order valence-corrected chi connectivity index (χ1v) is 8.59. The molecule has 0 unspecified atom stereocenters. The zero-order valence-corrected chi connectivity index (χ0v) is 14.8. The van der Waals surface area contributed by atoms with Gasteiger partial charge in [0.15, 0.2) is 0 Å². The van der Waals surface area contributed by atoms with Gasteiger partial charge in [-0.2, -0.15) is 0 Å². The second kappa shape index (κ2) is 8.20. The lowest BCUT2D eigenvalue weighted by Gasteiger charge is -2.38. The topological polar surface area (TPSA) is 47.6 Å². The van der Waals surface area contributed by atoms with E-state index in [2.05, 4.69) is 60.3 Å². The molecule has 1 fully saturated rings. The van der Waals surface area contributed by atoms with E-state index in [0.29, 0.717) is 18.5 Å². The van der Waals surface area contributed by atoms with Crippen LogP contribution in [-0.4, -0.2) is 49.7 Å². The summed E-state index contributed by atoms with van der Waals surface area (Å²) in [6.45, 7) is 13.7. The first-order chi connectivity index (χ1) is 11.0. The number of anilines is 2. The number of piperazine rings is 1. The van der Waals surface area contributed by atoms with Crippen molar-refractivity contribution in [2.75, 3.05) is 42.9 Å². The average Bonchev–Trinajstić information content (AvgIpc) is 2.54. The maximum atomic E-state index is 11.8. The van der Waals surface area contributed by atoms with Gasteiger partial charge in [-0.3, -0.25) is 4.90 Å². The number of hydrogen-bond donors (Lipinski definition) is 2. The second-order valence-corrected chi connectivity index (χ2v) is 6.89. The van der Waals surface area contributed by atoms with Crippen molar-refractivity contribution in [2.45, 2.75) is 33.7 Å². The number of carbonyl (C=O) groups is 1. The van der Waals surface area contributed by atoms with Crippen molar-refractivity contribution in [3.05, 3.63) is 24.3 Å². The molecule has 5 nitrogen and oxygen atoms in total. The van der Waals surface area contributed by atoms with E-state index in [-0.39, 0.29) is 6.03 Å². The van der Waals surface area contributed by atoms with E-state index >= 15 is 0 Å². The average molecular weight is 318 g/mol. The molecule has 0 aliphatic carbocycles. The third kappa shape index (κ3) is 5.43. The van der Waals surface area contributed by atoms with Crippen LogP contribution in [0.4, 0.5) is 16.2 Å². The summed E-state index contributed by atoms with van der Waals surface area (Å²) in [4.78, 5) is 16.7. The lowest BCUT2D eigenvalue weighted by molar-refractivity contribution is 0.209. The van der Waals surface area contributed by atoms with Crippen molar-refractivity contribution in [1.82, 2.24) is 10.2 Å². The molecular weight excluding hydrogens is 288 g/mol. The van der Waals surface area contributed by atoms with Crippen LogP contribution < -0.4 is 15.5 Å². The summed E-state index contributed by atoms with van der Waals surface area (Å²) in [7, 11) is 0. The Kier molecular flexibility index (Phi) is 6.28. The van der Waals surface area contributed by atoms with E-state index in [4.69, 9.17) is 0 Å². The summed E-state index contributed by atoms with van der Waals surface area (Å²) < 4.78 is 0. The van der Waals surface area contributed by atoms with Crippen molar-refractivity contribution < 1.29 is 4.79 Å². The molecule has 0 spiro atoms.